The molecule has 0 radical (unpaired) electrons. The van der Waals surface area contributed by atoms with Crippen molar-refractivity contribution >= 4 is 133 Å². The van der Waals surface area contributed by atoms with E-state index in [0.29, 0.717) is 45.4 Å². The highest BCUT2D eigenvalue weighted by molar-refractivity contribution is 7.40. The summed E-state index contributed by atoms with van der Waals surface area (Å²) in [6.07, 6.45) is 0. The van der Waals surface area contributed by atoms with Crippen LogP contribution in [0.15, 0.2) is 24.3 Å². The fourth-order valence-corrected chi connectivity index (χ4v) is 36.2. The summed E-state index contributed by atoms with van der Waals surface area (Å²) < 4.78 is 15.9. The van der Waals surface area contributed by atoms with Gasteiger partial charge in [0.05, 0.1) is 36.9 Å². The van der Waals surface area contributed by atoms with Crippen LogP contribution >= 0.6 is 68.0 Å². The molecule has 0 saturated heterocycles. The number of ether oxygens (including phenoxy) is 1. The molecule has 0 amide bonds. The number of Topliss-reactive ketones (excluding diaryl/α,β-unsaturated/α-hetero) is 1. The molecule has 6 aromatic rings. The molecule has 11 heteroatoms. The van der Waals surface area contributed by atoms with E-state index >= 15 is 0 Å². The van der Waals surface area contributed by atoms with E-state index in [0.717, 1.165) is 34.5 Å². The largest absolute Gasteiger partial charge is 0.462 e. The monoisotopic (exact) mass is 842 g/mol. The Hall–Kier alpha value is -1.45. The minimum absolute atomic E-state index is 0.0434. The van der Waals surface area contributed by atoms with Crippen LogP contribution in [0, 0.1) is 0 Å². The Morgan fingerprint density at radius 3 is 1.21 bits per heavy atom. The highest BCUT2D eigenvalue weighted by Crippen LogP contribution is 2.54. The molecule has 280 valence electrons. The van der Waals surface area contributed by atoms with Crippen molar-refractivity contribution in [3.05, 3.63) is 35.4 Å². The lowest BCUT2D eigenvalue weighted by Gasteiger charge is -2.42. The number of fused-ring (bicyclic) bond motifs is 3. The number of hydrogen-bond donors (Lipinski definition) is 0. The molecule has 0 saturated carbocycles. The minimum Gasteiger partial charge on any atom is -0.462 e. The lowest BCUT2D eigenvalue weighted by molar-refractivity contribution is 0.0530. The van der Waals surface area contributed by atoms with Crippen LogP contribution in [0.4, 0.5) is 0 Å². The summed E-state index contributed by atoms with van der Waals surface area (Å²) in [7, 11) is -3.54. The number of carbonyl (C=O) groups excluding carboxylic acids is 2. The van der Waals surface area contributed by atoms with Crippen LogP contribution in [0.3, 0.4) is 0 Å². The van der Waals surface area contributed by atoms with Crippen LogP contribution in [0.1, 0.15) is 118 Å². The van der Waals surface area contributed by atoms with E-state index < -0.39 is 16.1 Å². The first-order chi connectivity index (χ1) is 24.4. The van der Waals surface area contributed by atoms with E-state index in [-0.39, 0.29) is 11.8 Å². The highest BCUT2D eigenvalue weighted by atomic mass is 32.1. The van der Waals surface area contributed by atoms with Crippen molar-refractivity contribution in [3.8, 4) is 19.5 Å². The van der Waals surface area contributed by atoms with E-state index in [9.17, 15) is 9.59 Å². The van der Waals surface area contributed by atoms with E-state index in [1.165, 1.54) is 18.8 Å². The molecule has 6 rings (SSSR count). The molecule has 0 aliphatic rings. The first-order valence-corrected chi connectivity index (χ1v) is 28.1. The fourth-order valence-electron chi connectivity index (χ4n) is 10.0. The molecule has 0 bridgehead atoms. The van der Waals surface area contributed by atoms with Crippen LogP contribution in [0.25, 0.3) is 47.7 Å². The zero-order valence-electron chi connectivity index (χ0n) is 33.2. The van der Waals surface area contributed by atoms with Crippen molar-refractivity contribution in [3.63, 3.8) is 0 Å². The molecular formula is C41H54O3S6Si2. The Bertz CT molecular complexity index is 2160. The predicted octanol–water partition coefficient (Wildman–Crippen LogP) is 15.0. The third kappa shape index (κ3) is 6.16. The van der Waals surface area contributed by atoms with Crippen molar-refractivity contribution < 1.29 is 14.3 Å². The lowest BCUT2D eigenvalue weighted by Crippen LogP contribution is -2.54. The smallest absolute Gasteiger partial charge is 0.341 e. The van der Waals surface area contributed by atoms with Crippen molar-refractivity contribution in [2.75, 3.05) is 6.61 Å². The van der Waals surface area contributed by atoms with E-state index in [1.54, 1.807) is 61.3 Å². The second-order valence-electron chi connectivity index (χ2n) is 16.2. The summed E-state index contributed by atoms with van der Waals surface area (Å²) in [4.78, 5) is 31.5. The average Bonchev–Trinajstić information content (AvgIpc) is 3.83. The Morgan fingerprint density at radius 2 is 0.885 bits per heavy atom. The zero-order chi connectivity index (χ0) is 38.2. The van der Waals surface area contributed by atoms with Crippen LogP contribution in [-0.4, -0.2) is 34.5 Å². The molecule has 0 aliphatic heterocycles. The van der Waals surface area contributed by atoms with Crippen molar-refractivity contribution in [2.24, 2.45) is 0 Å². The summed E-state index contributed by atoms with van der Waals surface area (Å²) in [5, 5.41) is 0. The van der Waals surface area contributed by atoms with Gasteiger partial charge in [-0.2, -0.15) is 0 Å². The molecule has 6 aromatic heterocycles. The summed E-state index contributed by atoms with van der Waals surface area (Å²) in [5.41, 5.74) is 5.27. The third-order valence-corrected chi connectivity index (χ3v) is 35.1. The molecule has 0 unspecified atom stereocenters. The molecule has 0 fully saturated rings. The van der Waals surface area contributed by atoms with Gasteiger partial charge in [-0.05, 0) is 80.4 Å². The van der Waals surface area contributed by atoms with Gasteiger partial charge in [0.15, 0.2) is 5.78 Å². The Balaban J connectivity index is 1.49. The number of esters is 1. The van der Waals surface area contributed by atoms with Gasteiger partial charge in [-0.3, -0.25) is 4.79 Å². The number of thiophene rings is 6. The van der Waals surface area contributed by atoms with E-state index in [2.05, 4.69) is 107 Å². The van der Waals surface area contributed by atoms with Crippen LogP contribution in [-0.2, 0) is 4.74 Å². The molecular weight excluding hydrogens is 789 g/mol. The second kappa shape index (κ2) is 14.9. The normalized spacial score (nSPS) is 13.3. The second-order valence-corrected chi connectivity index (χ2v) is 35.1. The van der Waals surface area contributed by atoms with Gasteiger partial charge in [0.1, 0.15) is 16.1 Å². The Morgan fingerprint density at radius 1 is 0.538 bits per heavy atom. The van der Waals surface area contributed by atoms with Gasteiger partial charge in [0.2, 0.25) is 0 Å². The maximum atomic E-state index is 13.8. The maximum Gasteiger partial charge on any atom is 0.341 e. The van der Waals surface area contributed by atoms with Crippen LogP contribution < -0.4 is 9.00 Å². The van der Waals surface area contributed by atoms with Crippen LogP contribution in [0.5, 0.6) is 0 Å². The van der Waals surface area contributed by atoms with E-state index in [1.807, 2.05) is 29.6 Å². The molecule has 6 heterocycles. The van der Waals surface area contributed by atoms with Gasteiger partial charge in [0.25, 0.3) is 0 Å². The van der Waals surface area contributed by atoms with Gasteiger partial charge in [-0.25, -0.2) is 4.79 Å². The van der Waals surface area contributed by atoms with Gasteiger partial charge >= 0.3 is 5.97 Å². The predicted molar refractivity (Wildman–Crippen MR) is 244 cm³/mol. The van der Waals surface area contributed by atoms with E-state index in [4.69, 9.17) is 4.74 Å². The average molecular weight is 843 g/mol. The number of hydrogen-bond acceptors (Lipinski definition) is 9. The number of ketones is 1. The first kappa shape index (κ1) is 40.2. The highest BCUT2D eigenvalue weighted by Gasteiger charge is 2.47. The molecule has 0 spiro atoms. The first-order valence-electron chi connectivity index (χ1n) is 18.8. The number of carbonyl (C=O) groups is 2. The number of rotatable bonds is 13. The van der Waals surface area contributed by atoms with Gasteiger partial charge in [-0.15, -0.1) is 68.0 Å². The van der Waals surface area contributed by atoms with Crippen LogP contribution in [0.2, 0.25) is 33.2 Å². The Labute approximate surface area is 336 Å². The minimum atomic E-state index is -1.78. The molecule has 0 atom stereocenters. The van der Waals surface area contributed by atoms with Gasteiger partial charge < -0.3 is 4.74 Å². The lowest BCUT2D eigenvalue weighted by atomic mass is 10.1. The maximum absolute atomic E-state index is 13.8. The summed E-state index contributed by atoms with van der Waals surface area (Å²) in [5.74, 6) is -0.258. The van der Waals surface area contributed by atoms with Gasteiger partial charge in [0, 0.05) is 28.6 Å². The summed E-state index contributed by atoms with van der Waals surface area (Å²) in [6.45, 7) is 32.9. The quantitative estimate of drug-likeness (QED) is 0.0661. The summed E-state index contributed by atoms with van der Waals surface area (Å²) >= 11 is 10.7. The van der Waals surface area contributed by atoms with Gasteiger partial charge in [-0.1, -0.05) is 83.1 Å². The third-order valence-electron chi connectivity index (χ3n) is 11.8. The Kier molecular flexibility index (Phi) is 11.5. The fraction of sp³-hybridized carbons (Fsp3) is 0.512. The molecule has 0 aliphatic carbocycles. The van der Waals surface area contributed by atoms with Crippen molar-refractivity contribution in [1.82, 2.24) is 0 Å². The summed E-state index contributed by atoms with van der Waals surface area (Å²) in [6, 6.07) is 9.56. The molecule has 0 aromatic carbocycles. The van der Waals surface area contributed by atoms with Crippen molar-refractivity contribution in [1.29, 1.82) is 0 Å². The molecule has 52 heavy (non-hydrogen) atoms. The van der Waals surface area contributed by atoms with Crippen molar-refractivity contribution in [2.45, 2.75) is 130 Å². The molecule has 3 nitrogen and oxygen atoms in total. The SMILES string of the molecule is CCOC(=O)c1c(-c2cc3sc([Si](C(C)C)(C(C)C)C(C)C)cc3s2)sc2c(C(C)=O)c(-c3cc4sc([Si](C(C)C)(C(C)C)C(C)C)cc4s3)sc12. The topological polar surface area (TPSA) is 43.4 Å². The zero-order valence-corrected chi connectivity index (χ0v) is 40.1. The molecule has 0 N–H and O–H groups in total. The standard InChI is InChI=1S/C41H54O3S6Si2/c1-15-44-41(43)36-38(32-17-28-30(46-32)19-34(48-28)52(23(8)9,24(10)11)25(12)13)50-39-35(26(14)42)37(49-40(36)39)31-16-27-29(45-31)18-33(47-27)51(20(2)3,21(4)5)22(6)7/h16-25H,15H2,1-14H3.